The van der Waals surface area contributed by atoms with Crippen molar-refractivity contribution >= 4 is 27.7 Å². The standard InChI is InChI=1S/C13H16BrNO3/c14-6-1-2-8-18-11-3-4-12-10(9-11)5-7-15(12)13(16)17/h3-4,9H,1-2,5-8H2,(H,16,17). The number of fused-ring (bicyclic) bond motifs is 1. The van der Waals surface area contributed by atoms with Crippen molar-refractivity contribution in [1.82, 2.24) is 0 Å². The Kier molecular flexibility index (Phi) is 4.47. The van der Waals surface area contributed by atoms with Crippen molar-refractivity contribution in [2.45, 2.75) is 19.3 Å². The summed E-state index contributed by atoms with van der Waals surface area (Å²) in [4.78, 5) is 12.4. The number of carbonyl (C=O) groups is 1. The maximum atomic E-state index is 11.0. The van der Waals surface area contributed by atoms with Gasteiger partial charge in [0.25, 0.3) is 0 Å². The Bertz CT molecular complexity index is 436. The van der Waals surface area contributed by atoms with Gasteiger partial charge in [-0.1, -0.05) is 15.9 Å². The highest BCUT2D eigenvalue weighted by atomic mass is 79.9. The molecule has 0 aliphatic carbocycles. The van der Waals surface area contributed by atoms with E-state index in [0.717, 1.165) is 41.6 Å². The number of nitrogens with zero attached hydrogens (tertiary/aromatic N) is 1. The van der Waals surface area contributed by atoms with Crippen LogP contribution in [0, 0.1) is 0 Å². The SMILES string of the molecule is O=C(O)N1CCc2cc(OCCCCBr)ccc21. The van der Waals surface area contributed by atoms with Crippen molar-refractivity contribution in [3.05, 3.63) is 23.8 Å². The molecule has 5 heteroatoms. The molecule has 1 amide bonds. The summed E-state index contributed by atoms with van der Waals surface area (Å²) < 4.78 is 5.64. The molecule has 18 heavy (non-hydrogen) atoms. The van der Waals surface area contributed by atoms with Gasteiger partial charge in [0.2, 0.25) is 0 Å². The summed E-state index contributed by atoms with van der Waals surface area (Å²) in [5.41, 5.74) is 1.84. The summed E-state index contributed by atoms with van der Waals surface area (Å²) in [6, 6.07) is 5.62. The first-order valence-corrected chi connectivity index (χ1v) is 7.16. The first kappa shape index (κ1) is 13.2. The number of anilines is 1. The van der Waals surface area contributed by atoms with Crippen LogP contribution >= 0.6 is 15.9 Å². The molecule has 1 N–H and O–H groups in total. The molecule has 0 atom stereocenters. The Morgan fingerprint density at radius 3 is 3.00 bits per heavy atom. The first-order chi connectivity index (χ1) is 8.72. The highest BCUT2D eigenvalue weighted by Gasteiger charge is 2.24. The van der Waals surface area contributed by atoms with E-state index in [9.17, 15) is 4.79 Å². The molecule has 4 nitrogen and oxygen atoms in total. The lowest BCUT2D eigenvalue weighted by Crippen LogP contribution is -2.26. The van der Waals surface area contributed by atoms with Crippen molar-refractivity contribution < 1.29 is 14.6 Å². The van der Waals surface area contributed by atoms with Crippen molar-refractivity contribution in [3.63, 3.8) is 0 Å². The van der Waals surface area contributed by atoms with Gasteiger partial charge >= 0.3 is 6.09 Å². The zero-order chi connectivity index (χ0) is 13.0. The summed E-state index contributed by atoms with van der Waals surface area (Å²) in [6.07, 6.45) is 1.99. The fraction of sp³-hybridized carbons (Fsp3) is 0.462. The molecule has 0 unspecified atom stereocenters. The average Bonchev–Trinajstić information content (AvgIpc) is 2.77. The predicted molar refractivity (Wildman–Crippen MR) is 74.0 cm³/mol. The minimum Gasteiger partial charge on any atom is -0.494 e. The summed E-state index contributed by atoms with van der Waals surface area (Å²) in [5, 5.41) is 10.0. The number of rotatable bonds is 5. The van der Waals surface area contributed by atoms with E-state index in [0.29, 0.717) is 13.2 Å². The van der Waals surface area contributed by atoms with E-state index in [1.807, 2.05) is 18.2 Å². The molecule has 1 heterocycles. The van der Waals surface area contributed by atoms with Crippen LogP contribution in [0.1, 0.15) is 18.4 Å². The highest BCUT2D eigenvalue weighted by Crippen LogP contribution is 2.31. The van der Waals surface area contributed by atoms with Gasteiger partial charge in [0.05, 0.1) is 12.3 Å². The zero-order valence-electron chi connectivity index (χ0n) is 10.1. The summed E-state index contributed by atoms with van der Waals surface area (Å²) in [6.45, 7) is 1.24. The summed E-state index contributed by atoms with van der Waals surface area (Å²) >= 11 is 3.38. The van der Waals surface area contributed by atoms with Gasteiger partial charge < -0.3 is 9.84 Å². The highest BCUT2D eigenvalue weighted by molar-refractivity contribution is 9.09. The number of hydrogen-bond acceptors (Lipinski definition) is 2. The van der Waals surface area contributed by atoms with Crippen molar-refractivity contribution in [2.75, 3.05) is 23.4 Å². The molecule has 0 aromatic heterocycles. The van der Waals surface area contributed by atoms with Crippen LogP contribution in [0.25, 0.3) is 0 Å². The maximum absolute atomic E-state index is 11.0. The van der Waals surface area contributed by atoms with Crippen molar-refractivity contribution in [2.24, 2.45) is 0 Å². The van der Waals surface area contributed by atoms with Gasteiger partial charge in [0, 0.05) is 11.9 Å². The van der Waals surface area contributed by atoms with Crippen LogP contribution in [0.15, 0.2) is 18.2 Å². The van der Waals surface area contributed by atoms with Crippen LogP contribution in [-0.4, -0.2) is 29.7 Å². The smallest absolute Gasteiger partial charge is 0.411 e. The molecule has 0 fully saturated rings. The molecule has 1 aromatic carbocycles. The van der Waals surface area contributed by atoms with Gasteiger partial charge in [-0.15, -0.1) is 0 Å². The van der Waals surface area contributed by atoms with Gasteiger partial charge in [0.15, 0.2) is 0 Å². The number of alkyl halides is 1. The normalized spacial score (nSPS) is 13.5. The molecular formula is C13H16BrNO3. The third-order valence-electron chi connectivity index (χ3n) is 2.97. The second kappa shape index (κ2) is 6.09. The van der Waals surface area contributed by atoms with Crippen molar-refractivity contribution in [3.8, 4) is 5.75 Å². The van der Waals surface area contributed by atoms with E-state index in [1.165, 1.54) is 4.90 Å². The quantitative estimate of drug-likeness (QED) is 0.670. The van der Waals surface area contributed by atoms with Crippen LogP contribution in [0.3, 0.4) is 0 Å². The number of hydrogen-bond donors (Lipinski definition) is 1. The number of carboxylic acid groups (broad SMARTS) is 1. The molecular weight excluding hydrogens is 298 g/mol. The molecule has 1 aliphatic heterocycles. The Morgan fingerprint density at radius 2 is 2.28 bits per heavy atom. The van der Waals surface area contributed by atoms with Gasteiger partial charge in [0.1, 0.15) is 5.75 Å². The van der Waals surface area contributed by atoms with E-state index in [2.05, 4.69) is 15.9 Å². The molecule has 0 saturated heterocycles. The molecule has 0 bridgehead atoms. The summed E-state index contributed by atoms with van der Waals surface area (Å²) in [5.74, 6) is 0.829. The topological polar surface area (TPSA) is 49.8 Å². The fourth-order valence-corrected chi connectivity index (χ4v) is 2.45. The fourth-order valence-electron chi connectivity index (χ4n) is 2.05. The predicted octanol–water partition coefficient (Wildman–Crippen LogP) is 3.28. The molecule has 1 aliphatic rings. The van der Waals surface area contributed by atoms with E-state index >= 15 is 0 Å². The van der Waals surface area contributed by atoms with Crippen LogP contribution in [0.4, 0.5) is 10.5 Å². The van der Waals surface area contributed by atoms with Gasteiger partial charge in [-0.3, -0.25) is 4.90 Å². The van der Waals surface area contributed by atoms with Gasteiger partial charge in [-0.25, -0.2) is 4.79 Å². The third kappa shape index (κ3) is 2.96. The maximum Gasteiger partial charge on any atom is 0.411 e. The van der Waals surface area contributed by atoms with E-state index in [1.54, 1.807) is 0 Å². The first-order valence-electron chi connectivity index (χ1n) is 6.04. The van der Waals surface area contributed by atoms with E-state index in [-0.39, 0.29) is 0 Å². The Labute approximate surface area is 115 Å². The molecule has 2 rings (SSSR count). The van der Waals surface area contributed by atoms with E-state index in [4.69, 9.17) is 9.84 Å². The number of benzene rings is 1. The zero-order valence-corrected chi connectivity index (χ0v) is 11.6. The minimum atomic E-state index is -0.889. The third-order valence-corrected chi connectivity index (χ3v) is 3.53. The minimum absolute atomic E-state index is 0.539. The van der Waals surface area contributed by atoms with Crippen molar-refractivity contribution in [1.29, 1.82) is 0 Å². The molecule has 98 valence electrons. The largest absolute Gasteiger partial charge is 0.494 e. The average molecular weight is 314 g/mol. The second-order valence-corrected chi connectivity index (χ2v) is 5.01. The molecule has 0 radical (unpaired) electrons. The molecule has 0 spiro atoms. The van der Waals surface area contributed by atoms with Gasteiger partial charge in [-0.05, 0) is 43.0 Å². The number of ether oxygens (including phenoxy) is 1. The monoisotopic (exact) mass is 313 g/mol. The van der Waals surface area contributed by atoms with Crippen LogP contribution in [0.5, 0.6) is 5.75 Å². The van der Waals surface area contributed by atoms with Crippen LogP contribution in [-0.2, 0) is 6.42 Å². The number of halogens is 1. The molecule has 1 aromatic rings. The lowest BCUT2D eigenvalue weighted by molar-refractivity contribution is 0.202. The van der Waals surface area contributed by atoms with Gasteiger partial charge in [-0.2, -0.15) is 0 Å². The second-order valence-electron chi connectivity index (χ2n) is 4.22. The van der Waals surface area contributed by atoms with Crippen LogP contribution < -0.4 is 9.64 Å². The molecule has 0 saturated carbocycles. The number of amides is 1. The summed E-state index contributed by atoms with van der Waals surface area (Å²) in [7, 11) is 0. The lowest BCUT2D eigenvalue weighted by atomic mass is 10.1. The number of unbranched alkanes of at least 4 members (excludes halogenated alkanes) is 1. The Balaban J connectivity index is 1.99. The van der Waals surface area contributed by atoms with Crippen LogP contribution in [0.2, 0.25) is 0 Å². The Morgan fingerprint density at radius 1 is 1.44 bits per heavy atom. The van der Waals surface area contributed by atoms with E-state index < -0.39 is 6.09 Å². The lowest BCUT2D eigenvalue weighted by Gasteiger charge is -2.13. The Hall–Kier alpha value is -1.23.